The summed E-state index contributed by atoms with van der Waals surface area (Å²) >= 11 is 0. The summed E-state index contributed by atoms with van der Waals surface area (Å²) in [6.45, 7) is 3.31. The van der Waals surface area contributed by atoms with Gasteiger partial charge < -0.3 is 4.42 Å². The standard InChI is InChI=1S/C15H12N2O2/c1-9-7-13(17-15(16-9)10(2)18)12-8-19-14-6-4-3-5-11(12)14/h3-8H,1-2H3. The van der Waals surface area contributed by atoms with Crippen LogP contribution in [-0.2, 0) is 0 Å². The van der Waals surface area contributed by atoms with Gasteiger partial charge in [-0.2, -0.15) is 0 Å². The van der Waals surface area contributed by atoms with E-state index in [0.29, 0.717) is 5.69 Å². The predicted octanol–water partition coefficient (Wildman–Crippen LogP) is 3.40. The summed E-state index contributed by atoms with van der Waals surface area (Å²) in [6, 6.07) is 9.59. The molecule has 0 radical (unpaired) electrons. The number of nitrogens with zero attached hydrogens (tertiary/aromatic N) is 2. The molecule has 0 fully saturated rings. The highest BCUT2D eigenvalue weighted by Gasteiger charge is 2.12. The van der Waals surface area contributed by atoms with Crippen LogP contribution in [0.1, 0.15) is 23.2 Å². The highest BCUT2D eigenvalue weighted by molar-refractivity contribution is 5.94. The minimum atomic E-state index is -0.141. The van der Waals surface area contributed by atoms with Gasteiger partial charge in [0.2, 0.25) is 0 Å². The molecular formula is C15H12N2O2. The van der Waals surface area contributed by atoms with E-state index in [4.69, 9.17) is 4.42 Å². The molecule has 0 atom stereocenters. The van der Waals surface area contributed by atoms with Crippen LogP contribution in [-0.4, -0.2) is 15.8 Å². The van der Waals surface area contributed by atoms with Crippen molar-refractivity contribution in [1.29, 1.82) is 0 Å². The summed E-state index contributed by atoms with van der Waals surface area (Å²) < 4.78 is 5.50. The molecule has 0 saturated carbocycles. The number of furan rings is 1. The van der Waals surface area contributed by atoms with E-state index in [1.54, 1.807) is 6.26 Å². The van der Waals surface area contributed by atoms with E-state index in [1.807, 2.05) is 37.3 Å². The summed E-state index contributed by atoms with van der Waals surface area (Å²) in [7, 11) is 0. The SMILES string of the molecule is CC(=O)c1nc(C)cc(-c2coc3ccccc23)n1. The lowest BCUT2D eigenvalue weighted by Crippen LogP contribution is -2.03. The molecule has 0 unspecified atom stereocenters. The Kier molecular flexibility index (Phi) is 2.63. The van der Waals surface area contributed by atoms with Gasteiger partial charge in [-0.3, -0.25) is 4.79 Å². The lowest BCUT2D eigenvalue weighted by Gasteiger charge is -2.02. The quantitative estimate of drug-likeness (QED) is 0.656. The number of rotatable bonds is 2. The third-order valence-corrected chi connectivity index (χ3v) is 2.93. The Morgan fingerprint density at radius 1 is 1.21 bits per heavy atom. The van der Waals surface area contributed by atoms with Gasteiger partial charge >= 0.3 is 0 Å². The number of benzene rings is 1. The van der Waals surface area contributed by atoms with Gasteiger partial charge in [0.25, 0.3) is 0 Å². The van der Waals surface area contributed by atoms with E-state index in [0.717, 1.165) is 22.2 Å². The van der Waals surface area contributed by atoms with Crippen molar-refractivity contribution >= 4 is 16.8 Å². The maximum Gasteiger partial charge on any atom is 0.196 e. The average molecular weight is 252 g/mol. The molecule has 0 aliphatic rings. The second-order valence-electron chi connectivity index (χ2n) is 4.42. The van der Waals surface area contributed by atoms with Crippen molar-refractivity contribution in [2.24, 2.45) is 0 Å². The summed E-state index contributed by atoms with van der Waals surface area (Å²) in [5, 5.41) is 0.982. The molecule has 0 spiro atoms. The minimum absolute atomic E-state index is 0.141. The second-order valence-corrected chi connectivity index (χ2v) is 4.42. The fourth-order valence-corrected chi connectivity index (χ4v) is 2.04. The maximum atomic E-state index is 11.4. The van der Waals surface area contributed by atoms with Crippen LogP contribution in [0, 0.1) is 6.92 Å². The predicted molar refractivity (Wildman–Crippen MR) is 72.0 cm³/mol. The van der Waals surface area contributed by atoms with Crippen LogP contribution in [0.3, 0.4) is 0 Å². The second kappa shape index (κ2) is 4.31. The van der Waals surface area contributed by atoms with Crippen LogP contribution in [0.4, 0.5) is 0 Å². The molecule has 2 aromatic heterocycles. The van der Waals surface area contributed by atoms with Gasteiger partial charge in [0.1, 0.15) is 11.8 Å². The van der Waals surface area contributed by atoms with E-state index in [1.165, 1.54) is 6.92 Å². The smallest absolute Gasteiger partial charge is 0.196 e. The Hall–Kier alpha value is -2.49. The Balaban J connectivity index is 2.24. The number of hydrogen-bond donors (Lipinski definition) is 0. The fourth-order valence-electron chi connectivity index (χ4n) is 2.04. The molecule has 0 saturated heterocycles. The highest BCUT2D eigenvalue weighted by Crippen LogP contribution is 2.29. The molecule has 1 aromatic carbocycles. The molecule has 3 rings (SSSR count). The third-order valence-electron chi connectivity index (χ3n) is 2.93. The van der Waals surface area contributed by atoms with Crippen molar-refractivity contribution in [3.8, 4) is 11.3 Å². The van der Waals surface area contributed by atoms with E-state index in [9.17, 15) is 4.79 Å². The molecule has 3 aromatic rings. The number of aryl methyl sites for hydroxylation is 1. The number of Topliss-reactive ketones (excluding diaryl/α,β-unsaturated/α-hetero) is 1. The highest BCUT2D eigenvalue weighted by atomic mass is 16.3. The van der Waals surface area contributed by atoms with Gasteiger partial charge in [-0.25, -0.2) is 9.97 Å². The van der Waals surface area contributed by atoms with Crippen molar-refractivity contribution in [3.63, 3.8) is 0 Å². The lowest BCUT2D eigenvalue weighted by atomic mass is 10.1. The van der Waals surface area contributed by atoms with Crippen LogP contribution in [0.5, 0.6) is 0 Å². The van der Waals surface area contributed by atoms with E-state index >= 15 is 0 Å². The first kappa shape index (κ1) is 11.6. The van der Waals surface area contributed by atoms with Gasteiger partial charge in [-0.15, -0.1) is 0 Å². The zero-order chi connectivity index (χ0) is 13.4. The normalized spacial score (nSPS) is 10.8. The largest absolute Gasteiger partial charge is 0.464 e. The Labute approximate surface area is 110 Å². The summed E-state index contributed by atoms with van der Waals surface area (Å²) in [6.07, 6.45) is 1.66. The topological polar surface area (TPSA) is 56.0 Å². The number of carbonyl (C=O) groups is 1. The summed E-state index contributed by atoms with van der Waals surface area (Å²) in [5.41, 5.74) is 3.16. The Morgan fingerprint density at radius 2 is 2.00 bits per heavy atom. The summed E-state index contributed by atoms with van der Waals surface area (Å²) in [5.74, 6) is 0.0954. The van der Waals surface area contributed by atoms with Crippen LogP contribution in [0.25, 0.3) is 22.2 Å². The van der Waals surface area contributed by atoms with Gasteiger partial charge in [0, 0.05) is 23.6 Å². The first-order valence-electron chi connectivity index (χ1n) is 5.98. The molecule has 0 N–H and O–H groups in total. The first-order chi connectivity index (χ1) is 9.15. The van der Waals surface area contributed by atoms with Crippen LogP contribution < -0.4 is 0 Å². The monoisotopic (exact) mass is 252 g/mol. The molecule has 0 aliphatic heterocycles. The number of aromatic nitrogens is 2. The number of carbonyl (C=O) groups excluding carboxylic acids is 1. The number of para-hydroxylation sites is 1. The summed E-state index contributed by atoms with van der Waals surface area (Å²) in [4.78, 5) is 19.9. The third kappa shape index (κ3) is 2.01. The molecule has 0 bridgehead atoms. The fraction of sp³-hybridized carbons (Fsp3) is 0.133. The van der Waals surface area contributed by atoms with Crippen LogP contribution >= 0.6 is 0 Å². The molecule has 0 aliphatic carbocycles. The molecule has 0 amide bonds. The maximum absolute atomic E-state index is 11.4. The molecule has 2 heterocycles. The van der Waals surface area contributed by atoms with Gasteiger partial charge in [0.05, 0.1) is 5.69 Å². The van der Waals surface area contributed by atoms with Gasteiger partial charge in [-0.05, 0) is 19.1 Å². The molecule has 4 heteroatoms. The van der Waals surface area contributed by atoms with E-state index in [2.05, 4.69) is 9.97 Å². The molecule has 94 valence electrons. The Morgan fingerprint density at radius 3 is 2.79 bits per heavy atom. The van der Waals surface area contributed by atoms with Gasteiger partial charge in [-0.1, -0.05) is 18.2 Å². The lowest BCUT2D eigenvalue weighted by molar-refractivity contribution is 0.100. The Bertz CT molecular complexity index is 775. The van der Waals surface area contributed by atoms with Crippen LogP contribution in [0.15, 0.2) is 41.0 Å². The molecule has 19 heavy (non-hydrogen) atoms. The minimum Gasteiger partial charge on any atom is -0.464 e. The van der Waals surface area contributed by atoms with Gasteiger partial charge in [0.15, 0.2) is 11.6 Å². The van der Waals surface area contributed by atoms with E-state index < -0.39 is 0 Å². The van der Waals surface area contributed by atoms with Crippen molar-refractivity contribution in [3.05, 3.63) is 48.1 Å². The number of fused-ring (bicyclic) bond motifs is 1. The van der Waals surface area contributed by atoms with Crippen molar-refractivity contribution < 1.29 is 9.21 Å². The van der Waals surface area contributed by atoms with Crippen molar-refractivity contribution in [2.75, 3.05) is 0 Å². The molecular weight excluding hydrogens is 240 g/mol. The molecule has 4 nitrogen and oxygen atoms in total. The van der Waals surface area contributed by atoms with Crippen molar-refractivity contribution in [1.82, 2.24) is 9.97 Å². The first-order valence-corrected chi connectivity index (χ1v) is 5.98. The zero-order valence-corrected chi connectivity index (χ0v) is 10.7. The number of hydrogen-bond acceptors (Lipinski definition) is 4. The average Bonchev–Trinajstić information content (AvgIpc) is 2.81. The van der Waals surface area contributed by atoms with Crippen LogP contribution in [0.2, 0.25) is 0 Å². The van der Waals surface area contributed by atoms with E-state index in [-0.39, 0.29) is 11.6 Å². The van der Waals surface area contributed by atoms with Crippen molar-refractivity contribution in [2.45, 2.75) is 13.8 Å². The number of ketones is 1. The zero-order valence-electron chi connectivity index (χ0n) is 10.7.